The van der Waals surface area contributed by atoms with E-state index in [-0.39, 0.29) is 36.8 Å². The van der Waals surface area contributed by atoms with Crippen molar-refractivity contribution in [3.05, 3.63) is 59.7 Å². The summed E-state index contributed by atoms with van der Waals surface area (Å²) in [4.78, 5) is 65.5. The summed E-state index contributed by atoms with van der Waals surface area (Å²) in [6, 6.07) is 2.36. The fourth-order valence-electron chi connectivity index (χ4n) is 8.66. The van der Waals surface area contributed by atoms with Gasteiger partial charge in [0, 0.05) is 118 Å². The number of piperidine rings is 1. The Morgan fingerprint density at radius 3 is 1.74 bits per heavy atom. The van der Waals surface area contributed by atoms with E-state index in [0.717, 1.165) is 65.2 Å². The smallest absolute Gasteiger partial charge is 0.410 e. The Morgan fingerprint density at radius 1 is 0.685 bits per heavy atom. The number of carbonyl (C=O) groups excluding carboxylic acids is 3. The van der Waals surface area contributed by atoms with Gasteiger partial charge in [-0.25, -0.2) is 19.6 Å². The minimum atomic E-state index is -1.03. The van der Waals surface area contributed by atoms with E-state index in [0.29, 0.717) is 98.6 Å². The number of anilines is 4. The molecule has 2 aliphatic heterocycles. The minimum Gasteiger partial charge on any atom is -0.477 e. The predicted octanol–water partition coefficient (Wildman–Crippen LogP) is 2.66. The van der Waals surface area contributed by atoms with Crippen LogP contribution in [0.15, 0.2) is 36.9 Å². The molecule has 2 fully saturated rings. The Balaban J connectivity index is 0.768. The molecule has 24 heteroatoms. The topological polar surface area (TPSA) is 281 Å². The van der Waals surface area contributed by atoms with Crippen LogP contribution in [0.3, 0.4) is 0 Å². The number of hydrogen-bond donors (Lipinski definition) is 7. The van der Waals surface area contributed by atoms with E-state index in [9.17, 15) is 24.3 Å². The molecule has 2 aliphatic rings. The number of ether oxygens (including phenoxy) is 4. The average molecular weight is 1020 g/mol. The molecule has 0 aromatic carbocycles. The van der Waals surface area contributed by atoms with Crippen LogP contribution in [-0.2, 0) is 51.9 Å². The van der Waals surface area contributed by atoms with Crippen molar-refractivity contribution < 1.29 is 43.2 Å². The molecular weight excluding hydrogens is 943 g/mol. The Bertz CT molecular complexity index is 2410. The molecule has 3 amide bonds. The van der Waals surface area contributed by atoms with Gasteiger partial charge in [0.1, 0.15) is 23.6 Å². The number of piperazine rings is 1. The number of carboxylic acids is 1. The quantitative estimate of drug-likeness (QED) is 0.0423. The van der Waals surface area contributed by atoms with Gasteiger partial charge < -0.3 is 84.9 Å². The van der Waals surface area contributed by atoms with Gasteiger partial charge in [-0.2, -0.15) is 0 Å². The average Bonchev–Trinajstić information content (AvgIpc) is 4.11. The zero-order chi connectivity index (χ0) is 52.7. The number of likely N-dealkylation sites (tertiary alicyclic amines) is 1. The number of aromatic carboxylic acids is 1. The van der Waals surface area contributed by atoms with Crippen molar-refractivity contribution in [2.75, 3.05) is 116 Å². The Labute approximate surface area is 428 Å². The number of carbonyl (C=O) groups is 4. The second kappa shape index (κ2) is 26.8. The highest BCUT2D eigenvalue weighted by molar-refractivity contribution is 5.94. The van der Waals surface area contributed by atoms with Crippen LogP contribution in [0.1, 0.15) is 90.9 Å². The fraction of sp³-hybridized carbons (Fsp3) is 0.633. The van der Waals surface area contributed by atoms with Crippen molar-refractivity contribution >= 4 is 47.1 Å². The third-order valence-electron chi connectivity index (χ3n) is 12.8. The normalized spacial score (nSPS) is 15.8. The lowest BCUT2D eigenvalue weighted by molar-refractivity contribution is -0.126. The molecule has 4 aromatic heterocycles. The summed E-state index contributed by atoms with van der Waals surface area (Å²) >= 11 is 0. The van der Waals surface area contributed by atoms with Crippen molar-refractivity contribution in [2.24, 2.45) is 45.6 Å². The van der Waals surface area contributed by atoms with Gasteiger partial charge in [-0.05, 0) is 64.5 Å². The van der Waals surface area contributed by atoms with Gasteiger partial charge >= 0.3 is 12.1 Å². The largest absolute Gasteiger partial charge is 0.477 e. The number of carboxylic acid groups (broad SMARTS) is 1. The number of nitrogens with one attached hydrogen (secondary N) is 4. The number of imidazole rings is 2. The molecule has 6 heterocycles. The summed E-state index contributed by atoms with van der Waals surface area (Å²) in [5.74, 6) is 0.104. The zero-order valence-corrected chi connectivity index (χ0v) is 43.7. The van der Waals surface area contributed by atoms with Crippen LogP contribution < -0.4 is 32.7 Å². The summed E-state index contributed by atoms with van der Waals surface area (Å²) in [6.45, 7) is 16.2. The molecule has 0 aliphatic carbocycles. The van der Waals surface area contributed by atoms with Crippen LogP contribution in [0.2, 0.25) is 0 Å². The van der Waals surface area contributed by atoms with Crippen LogP contribution in [0.5, 0.6) is 0 Å². The van der Waals surface area contributed by atoms with Crippen LogP contribution >= 0.6 is 0 Å². The second-order valence-corrected chi connectivity index (χ2v) is 19.9. The molecular formula is C49H79N15O9. The molecule has 2 unspecified atom stereocenters. The van der Waals surface area contributed by atoms with Gasteiger partial charge in [-0.3, -0.25) is 14.5 Å². The van der Waals surface area contributed by atoms with Gasteiger partial charge in [0.25, 0.3) is 5.91 Å². The molecule has 2 atom stereocenters. The van der Waals surface area contributed by atoms with Gasteiger partial charge in [0.05, 0.1) is 67.9 Å². The number of hydrogen-bond acceptors (Lipinski definition) is 16. The Hall–Kier alpha value is -6.02. The lowest BCUT2D eigenvalue weighted by atomic mass is 9.96. The minimum absolute atomic E-state index is 0.0854. The van der Waals surface area contributed by atoms with Gasteiger partial charge in [-0.1, -0.05) is 0 Å². The maximum Gasteiger partial charge on any atom is 0.410 e. The highest BCUT2D eigenvalue weighted by Gasteiger charge is 2.29. The van der Waals surface area contributed by atoms with Crippen LogP contribution in [0.25, 0.3) is 0 Å². The Kier molecular flexibility index (Phi) is 20.7. The SMILES string of the molecule is Cn1cc(Nc2nc(C(N)CCNC(=O)c3cc(Nc4nc(C(N)CCNC(=O)COCCOCCOCCN5CCN(CC6CCN(C(=O)OC(C)(C)C)CC6)CC5)cn4C)cn3C)cn2C)cc1C(=O)O. The standard InChI is InChI=1S/C49H79N15O9/c1-49(2,3)73-48(69)64-14-10-34(11-15-64)28-63-18-16-62(17-19-63)20-21-70-22-23-71-24-25-72-33-43(65)52-12-8-37(50)39-31-60(6)46(56-39)54-35-26-41(58(4)29-35)44(66)53-13-9-38(51)40-32-61(7)47(57-40)55-36-27-42(45(67)68)59(5)30-36/h26-27,29-32,34,37-38H,8-25,28,33,50-51H2,1-7H3,(H,52,65)(H,53,66)(H,54,56)(H,55,57)(H,67,68). The number of aryl methyl sites for hydroxylation is 4. The van der Waals surface area contributed by atoms with E-state index in [1.807, 2.05) is 50.5 Å². The van der Waals surface area contributed by atoms with Crippen molar-refractivity contribution in [2.45, 2.75) is 64.1 Å². The van der Waals surface area contributed by atoms with Crippen LogP contribution in [0, 0.1) is 5.92 Å². The first-order chi connectivity index (χ1) is 34.8. The van der Waals surface area contributed by atoms with Gasteiger partial charge in [0.15, 0.2) is 0 Å². The maximum atomic E-state index is 13.2. The summed E-state index contributed by atoms with van der Waals surface area (Å²) in [5.41, 5.74) is 15.5. The van der Waals surface area contributed by atoms with Crippen LogP contribution in [0.4, 0.5) is 28.1 Å². The summed E-state index contributed by atoms with van der Waals surface area (Å²) in [6.07, 6.45) is 9.80. The maximum absolute atomic E-state index is 13.2. The fourth-order valence-corrected chi connectivity index (χ4v) is 8.66. The number of nitrogens with two attached hydrogens (primary N) is 2. The summed E-state index contributed by atoms with van der Waals surface area (Å²) < 4.78 is 29.3. The highest BCUT2D eigenvalue weighted by atomic mass is 16.6. The first-order valence-electron chi connectivity index (χ1n) is 25.2. The lowest BCUT2D eigenvalue weighted by Gasteiger charge is -2.39. The first-order valence-corrected chi connectivity index (χ1v) is 25.2. The monoisotopic (exact) mass is 1020 g/mol. The van der Waals surface area contributed by atoms with Crippen molar-refractivity contribution in [1.82, 2.24) is 53.6 Å². The summed E-state index contributed by atoms with van der Waals surface area (Å²) in [5, 5.41) is 21.5. The lowest BCUT2D eigenvalue weighted by Crippen LogP contribution is -2.50. The number of amides is 3. The van der Waals surface area contributed by atoms with E-state index in [4.69, 9.17) is 30.4 Å². The van der Waals surface area contributed by atoms with Gasteiger partial charge in [0.2, 0.25) is 17.8 Å². The predicted molar refractivity (Wildman–Crippen MR) is 275 cm³/mol. The molecule has 9 N–H and O–H groups in total. The van der Waals surface area contributed by atoms with Crippen LogP contribution in [-0.4, -0.2) is 183 Å². The third-order valence-corrected chi connectivity index (χ3v) is 12.8. The molecule has 2 saturated heterocycles. The first kappa shape index (κ1) is 56.3. The second-order valence-electron chi connectivity index (χ2n) is 19.9. The third kappa shape index (κ3) is 17.6. The summed E-state index contributed by atoms with van der Waals surface area (Å²) in [7, 11) is 7.08. The Morgan fingerprint density at radius 2 is 1.19 bits per heavy atom. The molecule has 24 nitrogen and oxygen atoms in total. The molecule has 73 heavy (non-hydrogen) atoms. The molecule has 6 rings (SSSR count). The zero-order valence-electron chi connectivity index (χ0n) is 43.7. The molecule has 0 bridgehead atoms. The van der Waals surface area contributed by atoms with Crippen molar-refractivity contribution in [3.8, 4) is 0 Å². The molecule has 0 spiro atoms. The van der Waals surface area contributed by atoms with Crippen molar-refractivity contribution in [1.29, 1.82) is 0 Å². The van der Waals surface area contributed by atoms with E-state index in [1.165, 1.54) is 10.6 Å². The van der Waals surface area contributed by atoms with E-state index in [1.54, 1.807) is 47.9 Å². The van der Waals surface area contributed by atoms with Gasteiger partial charge in [-0.15, -0.1) is 0 Å². The number of nitrogens with zero attached hydrogens (tertiary/aromatic N) is 9. The number of aromatic nitrogens is 6. The molecule has 0 saturated carbocycles. The molecule has 404 valence electrons. The number of rotatable bonds is 27. The highest BCUT2D eigenvalue weighted by Crippen LogP contribution is 2.25. The van der Waals surface area contributed by atoms with E-state index >= 15 is 0 Å². The van der Waals surface area contributed by atoms with Crippen molar-refractivity contribution in [3.63, 3.8) is 0 Å². The van der Waals surface area contributed by atoms with E-state index in [2.05, 4.69) is 41.0 Å². The molecule has 0 radical (unpaired) electrons. The van der Waals surface area contributed by atoms with E-state index < -0.39 is 23.7 Å². The molecule has 4 aromatic rings.